The standard InChI is InChI=1S/C11H23BN2O4.2ClH/c13-9-4-3-8(7-9)11(14,10(15)16)5-1-2-6-12(17)18;;/h8-9,17-18H,1-7,13-14H2,(H,15,16);2*1H/t8-,9+,11+;;/m0../s1. The van der Waals surface area contributed by atoms with E-state index >= 15 is 0 Å². The van der Waals surface area contributed by atoms with Crippen LogP contribution >= 0.6 is 24.8 Å². The maximum Gasteiger partial charge on any atom is 0.451 e. The number of nitrogens with two attached hydrogens (primary N) is 2. The van der Waals surface area contributed by atoms with Crippen molar-refractivity contribution in [2.75, 3.05) is 0 Å². The molecule has 1 fully saturated rings. The van der Waals surface area contributed by atoms with Gasteiger partial charge in [-0.3, -0.25) is 4.79 Å². The lowest BCUT2D eigenvalue weighted by molar-refractivity contribution is -0.146. The highest BCUT2D eigenvalue weighted by atomic mass is 35.5. The van der Waals surface area contributed by atoms with Gasteiger partial charge >= 0.3 is 13.1 Å². The lowest BCUT2D eigenvalue weighted by atomic mass is 9.77. The van der Waals surface area contributed by atoms with Gasteiger partial charge < -0.3 is 26.6 Å². The van der Waals surface area contributed by atoms with E-state index in [0.29, 0.717) is 25.7 Å². The van der Waals surface area contributed by atoms with Gasteiger partial charge in [0.25, 0.3) is 0 Å². The van der Waals surface area contributed by atoms with Crippen molar-refractivity contribution in [3.8, 4) is 0 Å². The number of hydrogen-bond donors (Lipinski definition) is 5. The zero-order valence-electron chi connectivity index (χ0n) is 11.4. The first-order valence-corrected chi connectivity index (χ1v) is 6.50. The van der Waals surface area contributed by atoms with Gasteiger partial charge in [0, 0.05) is 6.04 Å². The van der Waals surface area contributed by atoms with E-state index in [1.165, 1.54) is 0 Å². The van der Waals surface area contributed by atoms with Crippen LogP contribution in [0, 0.1) is 5.92 Å². The molecule has 0 spiro atoms. The van der Waals surface area contributed by atoms with Crippen LogP contribution in [0.3, 0.4) is 0 Å². The molecule has 0 aromatic rings. The molecular formula is C11H25BCl2N2O4. The third kappa shape index (κ3) is 6.16. The predicted molar refractivity (Wildman–Crippen MR) is 83.2 cm³/mol. The van der Waals surface area contributed by atoms with Crippen LogP contribution in [-0.2, 0) is 4.79 Å². The average Bonchev–Trinajstić information content (AvgIpc) is 2.71. The number of unbranched alkanes of at least 4 members (excludes halogenated alkanes) is 1. The molecule has 0 bridgehead atoms. The van der Waals surface area contributed by atoms with Crippen LogP contribution in [0.5, 0.6) is 0 Å². The van der Waals surface area contributed by atoms with Gasteiger partial charge in [0.05, 0.1) is 0 Å². The van der Waals surface area contributed by atoms with E-state index in [0.717, 1.165) is 12.8 Å². The van der Waals surface area contributed by atoms with Crippen molar-refractivity contribution in [2.45, 2.75) is 56.4 Å². The summed E-state index contributed by atoms with van der Waals surface area (Å²) in [6.07, 6.45) is 3.98. The second kappa shape index (κ2) is 9.81. The molecule has 0 radical (unpaired) electrons. The Bertz CT molecular complexity index is 300. The first-order valence-electron chi connectivity index (χ1n) is 6.50. The quantitative estimate of drug-likeness (QED) is 0.339. The second-order valence-electron chi connectivity index (χ2n) is 5.34. The Morgan fingerprint density at radius 1 is 1.25 bits per heavy atom. The first kappa shape index (κ1) is 22.2. The third-order valence-electron chi connectivity index (χ3n) is 3.90. The first-order chi connectivity index (χ1) is 8.36. The van der Waals surface area contributed by atoms with Gasteiger partial charge in [0.1, 0.15) is 5.54 Å². The topological polar surface area (TPSA) is 130 Å². The summed E-state index contributed by atoms with van der Waals surface area (Å²) < 4.78 is 0. The van der Waals surface area contributed by atoms with Crippen molar-refractivity contribution in [3.63, 3.8) is 0 Å². The Balaban J connectivity index is 0. The molecule has 20 heavy (non-hydrogen) atoms. The molecule has 0 aromatic heterocycles. The van der Waals surface area contributed by atoms with E-state index < -0.39 is 18.6 Å². The average molecular weight is 331 g/mol. The molecule has 9 heteroatoms. The fraction of sp³-hybridized carbons (Fsp3) is 0.909. The highest BCUT2D eigenvalue weighted by molar-refractivity contribution is 6.40. The Kier molecular flexibility index (Phi) is 10.9. The van der Waals surface area contributed by atoms with Gasteiger partial charge in [-0.2, -0.15) is 0 Å². The lowest BCUT2D eigenvalue weighted by Crippen LogP contribution is -2.53. The maximum absolute atomic E-state index is 11.4. The molecular weight excluding hydrogens is 306 g/mol. The van der Waals surface area contributed by atoms with Crippen LogP contribution in [0.1, 0.15) is 38.5 Å². The lowest BCUT2D eigenvalue weighted by Gasteiger charge is -2.31. The number of carboxylic acids is 1. The molecule has 1 saturated carbocycles. The van der Waals surface area contributed by atoms with E-state index in [4.69, 9.17) is 21.5 Å². The SMILES string of the molecule is Cl.Cl.N[C@@H]1CC[C@H]([C@](N)(CCCCB(O)O)C(=O)O)C1. The van der Waals surface area contributed by atoms with Crippen LogP contribution in [0.2, 0.25) is 6.32 Å². The molecule has 0 saturated heterocycles. The van der Waals surface area contributed by atoms with Crippen LogP contribution in [0.4, 0.5) is 0 Å². The zero-order valence-corrected chi connectivity index (χ0v) is 13.0. The maximum atomic E-state index is 11.4. The van der Waals surface area contributed by atoms with Crippen molar-refractivity contribution in [1.82, 2.24) is 0 Å². The molecule has 1 rings (SSSR count). The second-order valence-corrected chi connectivity index (χ2v) is 5.34. The molecule has 1 aliphatic carbocycles. The van der Waals surface area contributed by atoms with Gasteiger partial charge in [-0.1, -0.05) is 12.8 Å². The van der Waals surface area contributed by atoms with E-state index in [2.05, 4.69) is 0 Å². The molecule has 1 aliphatic rings. The molecule has 0 aromatic carbocycles. The fourth-order valence-corrected chi connectivity index (χ4v) is 2.71. The van der Waals surface area contributed by atoms with Crippen molar-refractivity contribution < 1.29 is 19.9 Å². The minimum Gasteiger partial charge on any atom is -0.480 e. The van der Waals surface area contributed by atoms with Gasteiger partial charge in [0.2, 0.25) is 0 Å². The number of hydrogen-bond acceptors (Lipinski definition) is 5. The number of aliphatic carboxylic acids is 1. The van der Waals surface area contributed by atoms with Gasteiger partial charge in [-0.25, -0.2) is 0 Å². The van der Waals surface area contributed by atoms with Crippen LogP contribution in [0.15, 0.2) is 0 Å². The summed E-state index contributed by atoms with van der Waals surface area (Å²) in [5.74, 6) is -1.06. The van der Waals surface area contributed by atoms with E-state index in [1.54, 1.807) is 0 Å². The predicted octanol–water partition coefficient (Wildman–Crippen LogP) is 0.383. The molecule has 0 aliphatic heterocycles. The summed E-state index contributed by atoms with van der Waals surface area (Å²) in [6.45, 7) is 0. The minimum atomic E-state index is -1.33. The largest absolute Gasteiger partial charge is 0.480 e. The number of carboxylic acid groups (broad SMARTS) is 1. The highest BCUT2D eigenvalue weighted by Gasteiger charge is 2.44. The number of rotatable bonds is 7. The van der Waals surface area contributed by atoms with E-state index in [9.17, 15) is 9.90 Å². The summed E-state index contributed by atoms with van der Waals surface area (Å²) in [6, 6.07) is 0.0524. The van der Waals surface area contributed by atoms with E-state index in [1.807, 2.05) is 0 Å². The molecule has 0 unspecified atom stereocenters. The van der Waals surface area contributed by atoms with Crippen molar-refractivity contribution >= 4 is 37.9 Å². The Hall–Kier alpha value is -0.0451. The van der Waals surface area contributed by atoms with Crippen LogP contribution < -0.4 is 11.5 Å². The Morgan fingerprint density at radius 3 is 2.25 bits per heavy atom. The molecule has 6 nitrogen and oxygen atoms in total. The summed E-state index contributed by atoms with van der Waals surface area (Å²) >= 11 is 0. The van der Waals surface area contributed by atoms with Crippen molar-refractivity contribution in [1.29, 1.82) is 0 Å². The van der Waals surface area contributed by atoms with E-state index in [-0.39, 0.29) is 43.1 Å². The van der Waals surface area contributed by atoms with Crippen LogP contribution in [0.25, 0.3) is 0 Å². The summed E-state index contributed by atoms with van der Waals surface area (Å²) in [5.41, 5.74) is 10.6. The summed E-state index contributed by atoms with van der Waals surface area (Å²) in [4.78, 5) is 11.4. The van der Waals surface area contributed by atoms with Gasteiger partial charge in [0.15, 0.2) is 0 Å². The van der Waals surface area contributed by atoms with Crippen molar-refractivity contribution in [3.05, 3.63) is 0 Å². The monoisotopic (exact) mass is 330 g/mol. The molecule has 3 atom stereocenters. The molecule has 120 valence electrons. The fourth-order valence-electron chi connectivity index (χ4n) is 2.71. The van der Waals surface area contributed by atoms with Crippen LogP contribution in [-0.4, -0.2) is 39.8 Å². The Morgan fingerprint density at radius 2 is 1.85 bits per heavy atom. The Labute approximate surface area is 132 Å². The summed E-state index contributed by atoms with van der Waals surface area (Å²) in [7, 11) is -1.33. The summed E-state index contributed by atoms with van der Waals surface area (Å²) in [5, 5.41) is 26.8. The minimum absolute atomic E-state index is 0. The van der Waals surface area contributed by atoms with Gasteiger partial charge in [-0.05, 0) is 37.9 Å². The highest BCUT2D eigenvalue weighted by Crippen LogP contribution is 2.35. The third-order valence-corrected chi connectivity index (χ3v) is 3.90. The normalized spacial score (nSPS) is 24.2. The molecule has 0 amide bonds. The molecule has 0 heterocycles. The number of halogens is 2. The smallest absolute Gasteiger partial charge is 0.451 e. The number of carbonyl (C=O) groups is 1. The zero-order chi connectivity index (χ0) is 13.8. The van der Waals surface area contributed by atoms with Gasteiger partial charge in [-0.15, -0.1) is 24.8 Å². The molecule has 7 N–H and O–H groups in total. The van der Waals surface area contributed by atoms with Crippen molar-refractivity contribution in [2.24, 2.45) is 17.4 Å².